The van der Waals surface area contributed by atoms with Crippen LogP contribution >= 0.6 is 0 Å². The lowest BCUT2D eigenvalue weighted by Crippen LogP contribution is -2.14. The molecular weight excluding hydrogens is 140 g/mol. The standard InChI is InChI=1S/C9H18O2/c1-5-6-10-9(4)11-7-8(2)3/h9H,2,5-7H2,1,3-4H3. The molecule has 0 aliphatic heterocycles. The van der Waals surface area contributed by atoms with Crippen molar-refractivity contribution in [3.63, 3.8) is 0 Å². The maximum atomic E-state index is 5.28. The summed E-state index contributed by atoms with van der Waals surface area (Å²) < 4.78 is 10.6. The first kappa shape index (κ1) is 10.7. The van der Waals surface area contributed by atoms with Crippen molar-refractivity contribution in [1.29, 1.82) is 0 Å². The largest absolute Gasteiger partial charge is 0.353 e. The van der Waals surface area contributed by atoms with Gasteiger partial charge in [0, 0.05) is 6.61 Å². The molecule has 66 valence electrons. The average Bonchev–Trinajstić information content (AvgIpc) is 1.97. The second-order valence-electron chi connectivity index (χ2n) is 2.71. The fraction of sp³-hybridized carbons (Fsp3) is 0.778. The van der Waals surface area contributed by atoms with Gasteiger partial charge in [-0.05, 0) is 20.3 Å². The molecule has 0 aliphatic carbocycles. The van der Waals surface area contributed by atoms with Crippen LogP contribution < -0.4 is 0 Å². The Labute approximate surface area is 69.2 Å². The maximum absolute atomic E-state index is 5.28. The molecule has 11 heavy (non-hydrogen) atoms. The molecule has 1 unspecified atom stereocenters. The van der Waals surface area contributed by atoms with Crippen molar-refractivity contribution < 1.29 is 9.47 Å². The van der Waals surface area contributed by atoms with Gasteiger partial charge in [-0.1, -0.05) is 19.1 Å². The van der Waals surface area contributed by atoms with E-state index in [1.165, 1.54) is 0 Å². The van der Waals surface area contributed by atoms with E-state index in [9.17, 15) is 0 Å². The van der Waals surface area contributed by atoms with Crippen LogP contribution in [0.25, 0.3) is 0 Å². The molecule has 0 aromatic heterocycles. The molecule has 0 rings (SSSR count). The average molecular weight is 158 g/mol. The zero-order chi connectivity index (χ0) is 8.69. The predicted octanol–water partition coefficient (Wildman–Crippen LogP) is 2.35. The first-order valence-corrected chi connectivity index (χ1v) is 4.04. The van der Waals surface area contributed by atoms with E-state index in [4.69, 9.17) is 9.47 Å². The summed E-state index contributed by atoms with van der Waals surface area (Å²) in [5, 5.41) is 0. The summed E-state index contributed by atoms with van der Waals surface area (Å²) in [5.41, 5.74) is 1.02. The van der Waals surface area contributed by atoms with E-state index < -0.39 is 0 Å². The van der Waals surface area contributed by atoms with Gasteiger partial charge >= 0.3 is 0 Å². The summed E-state index contributed by atoms with van der Waals surface area (Å²) in [6.07, 6.45) is 0.924. The fourth-order valence-corrected chi connectivity index (χ4v) is 0.592. The van der Waals surface area contributed by atoms with Gasteiger partial charge in [0.25, 0.3) is 0 Å². The van der Waals surface area contributed by atoms with Crippen LogP contribution in [0.3, 0.4) is 0 Å². The number of hydrogen-bond donors (Lipinski definition) is 0. The molecular formula is C9H18O2. The Balaban J connectivity index is 3.22. The van der Waals surface area contributed by atoms with Gasteiger partial charge in [0.05, 0.1) is 6.61 Å². The molecule has 0 bridgehead atoms. The van der Waals surface area contributed by atoms with Crippen LogP contribution in [0.4, 0.5) is 0 Å². The van der Waals surface area contributed by atoms with Crippen LogP contribution in [0.15, 0.2) is 12.2 Å². The highest BCUT2D eigenvalue weighted by atomic mass is 16.7. The van der Waals surface area contributed by atoms with E-state index in [0.29, 0.717) is 6.61 Å². The number of hydrogen-bond acceptors (Lipinski definition) is 2. The second kappa shape index (κ2) is 6.38. The molecule has 0 radical (unpaired) electrons. The molecule has 0 heterocycles. The van der Waals surface area contributed by atoms with Gasteiger partial charge < -0.3 is 9.47 Å². The minimum Gasteiger partial charge on any atom is -0.353 e. The Kier molecular flexibility index (Phi) is 6.18. The Hall–Kier alpha value is -0.340. The number of rotatable bonds is 6. The molecule has 1 atom stereocenters. The number of ether oxygens (including phenoxy) is 2. The zero-order valence-corrected chi connectivity index (χ0v) is 7.72. The van der Waals surface area contributed by atoms with E-state index in [-0.39, 0.29) is 6.29 Å². The third-order valence-electron chi connectivity index (χ3n) is 1.12. The normalized spacial score (nSPS) is 13.0. The SMILES string of the molecule is C=C(C)COC(C)OCCC. The summed E-state index contributed by atoms with van der Waals surface area (Å²) in [6, 6.07) is 0. The smallest absolute Gasteiger partial charge is 0.155 e. The summed E-state index contributed by atoms with van der Waals surface area (Å²) >= 11 is 0. The zero-order valence-electron chi connectivity index (χ0n) is 7.72. The van der Waals surface area contributed by atoms with Crippen molar-refractivity contribution in [3.8, 4) is 0 Å². The minimum atomic E-state index is -0.105. The van der Waals surface area contributed by atoms with Gasteiger partial charge in [0.15, 0.2) is 6.29 Å². The van der Waals surface area contributed by atoms with E-state index in [1.807, 2.05) is 13.8 Å². The lowest BCUT2D eigenvalue weighted by Gasteiger charge is -2.12. The van der Waals surface area contributed by atoms with Gasteiger partial charge in [-0.15, -0.1) is 0 Å². The molecule has 0 amide bonds. The van der Waals surface area contributed by atoms with E-state index in [2.05, 4.69) is 13.5 Å². The molecule has 2 nitrogen and oxygen atoms in total. The molecule has 0 spiro atoms. The molecule has 0 saturated heterocycles. The summed E-state index contributed by atoms with van der Waals surface area (Å²) in [7, 11) is 0. The molecule has 0 aliphatic rings. The Morgan fingerprint density at radius 2 is 2.09 bits per heavy atom. The minimum absolute atomic E-state index is 0.105. The van der Waals surface area contributed by atoms with Crippen LogP contribution in [-0.2, 0) is 9.47 Å². The maximum Gasteiger partial charge on any atom is 0.155 e. The van der Waals surface area contributed by atoms with Crippen molar-refractivity contribution >= 4 is 0 Å². The molecule has 0 aromatic rings. The van der Waals surface area contributed by atoms with Crippen LogP contribution in [0.5, 0.6) is 0 Å². The molecule has 0 N–H and O–H groups in total. The predicted molar refractivity (Wildman–Crippen MR) is 46.5 cm³/mol. The van der Waals surface area contributed by atoms with Crippen molar-refractivity contribution in [3.05, 3.63) is 12.2 Å². The lowest BCUT2D eigenvalue weighted by molar-refractivity contribution is -0.123. The highest BCUT2D eigenvalue weighted by Gasteiger charge is 1.99. The summed E-state index contributed by atoms with van der Waals surface area (Å²) in [4.78, 5) is 0. The molecule has 0 fully saturated rings. The molecule has 0 saturated carbocycles. The van der Waals surface area contributed by atoms with Crippen LogP contribution in [-0.4, -0.2) is 19.5 Å². The van der Waals surface area contributed by atoms with Crippen molar-refractivity contribution in [2.75, 3.05) is 13.2 Å². The van der Waals surface area contributed by atoms with Crippen molar-refractivity contribution in [2.24, 2.45) is 0 Å². The molecule has 0 aromatic carbocycles. The van der Waals surface area contributed by atoms with Crippen LogP contribution in [0.2, 0.25) is 0 Å². The highest BCUT2D eigenvalue weighted by Crippen LogP contribution is 1.97. The fourth-order valence-electron chi connectivity index (χ4n) is 0.592. The first-order chi connectivity index (χ1) is 5.16. The van der Waals surface area contributed by atoms with Crippen molar-refractivity contribution in [2.45, 2.75) is 33.5 Å². The van der Waals surface area contributed by atoms with Gasteiger partial charge in [-0.3, -0.25) is 0 Å². The Bertz CT molecular complexity index is 110. The van der Waals surface area contributed by atoms with Gasteiger partial charge in [-0.25, -0.2) is 0 Å². The summed E-state index contributed by atoms with van der Waals surface area (Å²) in [5.74, 6) is 0. The second-order valence-corrected chi connectivity index (χ2v) is 2.71. The first-order valence-electron chi connectivity index (χ1n) is 4.04. The monoisotopic (exact) mass is 158 g/mol. The third kappa shape index (κ3) is 7.56. The molecule has 2 heteroatoms. The van der Waals surface area contributed by atoms with Crippen molar-refractivity contribution in [1.82, 2.24) is 0 Å². The van der Waals surface area contributed by atoms with E-state index >= 15 is 0 Å². The lowest BCUT2D eigenvalue weighted by atomic mass is 10.4. The van der Waals surface area contributed by atoms with E-state index in [0.717, 1.165) is 18.6 Å². The summed E-state index contributed by atoms with van der Waals surface area (Å²) in [6.45, 7) is 11.0. The van der Waals surface area contributed by atoms with Gasteiger partial charge in [-0.2, -0.15) is 0 Å². The van der Waals surface area contributed by atoms with E-state index in [1.54, 1.807) is 0 Å². The highest BCUT2D eigenvalue weighted by molar-refractivity contribution is 4.87. The van der Waals surface area contributed by atoms with Crippen LogP contribution in [0, 0.1) is 0 Å². The quantitative estimate of drug-likeness (QED) is 0.436. The third-order valence-corrected chi connectivity index (χ3v) is 1.12. The van der Waals surface area contributed by atoms with Crippen LogP contribution in [0.1, 0.15) is 27.2 Å². The Morgan fingerprint density at radius 1 is 1.45 bits per heavy atom. The van der Waals surface area contributed by atoms with Gasteiger partial charge in [0.1, 0.15) is 0 Å². The Morgan fingerprint density at radius 3 is 2.55 bits per heavy atom. The topological polar surface area (TPSA) is 18.5 Å². The van der Waals surface area contributed by atoms with Gasteiger partial charge in [0.2, 0.25) is 0 Å².